The van der Waals surface area contributed by atoms with Gasteiger partial charge in [0.05, 0.1) is 17.4 Å². The van der Waals surface area contributed by atoms with E-state index in [0.717, 1.165) is 0 Å². The van der Waals surface area contributed by atoms with E-state index >= 15 is 0 Å². The van der Waals surface area contributed by atoms with Crippen molar-refractivity contribution in [2.45, 2.75) is 26.5 Å². The second kappa shape index (κ2) is 8.99. The average molecular weight is 379 g/mol. The highest BCUT2D eigenvalue weighted by Gasteiger charge is 2.11. The second-order valence-electron chi connectivity index (χ2n) is 6.49. The first-order valence-corrected chi connectivity index (χ1v) is 9.03. The zero-order chi connectivity index (χ0) is 19.9. The molecule has 3 rings (SSSR count). The topological polar surface area (TPSA) is 63.2 Å². The van der Waals surface area contributed by atoms with Gasteiger partial charge >= 0.3 is 0 Å². The van der Waals surface area contributed by atoms with E-state index in [0.29, 0.717) is 34.9 Å². The maximum absolute atomic E-state index is 13.7. The van der Waals surface area contributed by atoms with Gasteiger partial charge < -0.3 is 15.4 Å². The van der Waals surface area contributed by atoms with E-state index in [-0.39, 0.29) is 17.8 Å². The van der Waals surface area contributed by atoms with Gasteiger partial charge in [0.25, 0.3) is 5.91 Å². The molecular weight excluding hydrogens is 357 g/mol. The Morgan fingerprint density at radius 2 is 1.82 bits per heavy atom. The molecule has 28 heavy (non-hydrogen) atoms. The van der Waals surface area contributed by atoms with Gasteiger partial charge in [-0.15, -0.1) is 0 Å². The molecule has 6 heteroatoms. The quantitative estimate of drug-likeness (QED) is 0.615. The number of nitrogens with one attached hydrogen (secondary N) is 2. The van der Waals surface area contributed by atoms with Gasteiger partial charge in [-0.3, -0.25) is 4.79 Å². The lowest BCUT2D eigenvalue weighted by molar-refractivity contribution is 0.102. The summed E-state index contributed by atoms with van der Waals surface area (Å²) < 4.78 is 19.4. The Kier molecular flexibility index (Phi) is 6.22. The Labute approximate surface area is 163 Å². The maximum Gasteiger partial charge on any atom is 0.257 e. The van der Waals surface area contributed by atoms with Crippen molar-refractivity contribution in [3.8, 4) is 5.75 Å². The van der Waals surface area contributed by atoms with E-state index in [4.69, 9.17) is 4.74 Å². The third-order valence-electron chi connectivity index (χ3n) is 3.94. The third-order valence-corrected chi connectivity index (χ3v) is 3.94. The lowest BCUT2D eigenvalue weighted by Gasteiger charge is -2.14. The van der Waals surface area contributed by atoms with Crippen molar-refractivity contribution in [3.63, 3.8) is 0 Å². The number of ether oxygens (including phenoxy) is 1. The van der Waals surface area contributed by atoms with Crippen LogP contribution in [0.25, 0.3) is 0 Å². The fourth-order valence-electron chi connectivity index (χ4n) is 2.58. The van der Waals surface area contributed by atoms with Gasteiger partial charge in [0.2, 0.25) is 0 Å². The highest BCUT2D eigenvalue weighted by atomic mass is 19.1. The average Bonchev–Trinajstić information content (AvgIpc) is 2.69. The fourth-order valence-corrected chi connectivity index (χ4v) is 2.58. The molecular formula is C22H22FN3O2. The van der Waals surface area contributed by atoms with Crippen LogP contribution in [0, 0.1) is 5.82 Å². The molecule has 1 amide bonds. The zero-order valence-corrected chi connectivity index (χ0v) is 15.8. The van der Waals surface area contributed by atoms with Crippen LogP contribution in [0.4, 0.5) is 15.9 Å². The first-order valence-electron chi connectivity index (χ1n) is 9.03. The number of rotatable bonds is 7. The predicted octanol–water partition coefficient (Wildman–Crippen LogP) is 4.87. The second-order valence-corrected chi connectivity index (χ2v) is 6.49. The molecule has 0 spiro atoms. The van der Waals surface area contributed by atoms with E-state index in [2.05, 4.69) is 15.6 Å². The van der Waals surface area contributed by atoms with Crippen molar-refractivity contribution in [1.29, 1.82) is 0 Å². The molecule has 2 N–H and O–H groups in total. The fraction of sp³-hybridized carbons (Fsp3) is 0.182. The van der Waals surface area contributed by atoms with E-state index in [9.17, 15) is 9.18 Å². The van der Waals surface area contributed by atoms with Crippen molar-refractivity contribution in [2.75, 3.05) is 10.6 Å². The zero-order valence-electron chi connectivity index (χ0n) is 15.8. The number of nitrogens with zero attached hydrogens (tertiary/aromatic N) is 1. The van der Waals surface area contributed by atoms with Crippen LogP contribution in [0.1, 0.15) is 29.8 Å². The van der Waals surface area contributed by atoms with Crippen molar-refractivity contribution in [2.24, 2.45) is 0 Å². The highest BCUT2D eigenvalue weighted by molar-refractivity contribution is 6.04. The van der Waals surface area contributed by atoms with Crippen LogP contribution in [0.2, 0.25) is 0 Å². The Bertz CT molecular complexity index is 943. The Balaban J connectivity index is 1.63. The lowest BCUT2D eigenvalue weighted by atomic mass is 10.2. The standard InChI is InChI=1S/C22H22FN3O2/c1-15(2)28-20-10-6-5-9-19(20)26-22(27)17-11-12-21(25-14-17)24-13-16-7-3-4-8-18(16)23/h3-12,14-15H,13H2,1-2H3,(H,24,25)(H,26,27). The maximum atomic E-state index is 13.7. The molecule has 2 aromatic carbocycles. The van der Waals surface area contributed by atoms with Crippen LogP contribution in [0.5, 0.6) is 5.75 Å². The number of carbonyl (C=O) groups excluding carboxylic acids is 1. The molecule has 1 aromatic heterocycles. The van der Waals surface area contributed by atoms with E-state index in [1.165, 1.54) is 12.3 Å². The summed E-state index contributed by atoms with van der Waals surface area (Å²) in [6, 6.07) is 17.2. The summed E-state index contributed by atoms with van der Waals surface area (Å²) in [5.41, 5.74) is 1.56. The molecule has 1 heterocycles. The number of benzene rings is 2. The minimum Gasteiger partial charge on any atom is -0.489 e. The molecule has 0 saturated carbocycles. The lowest BCUT2D eigenvalue weighted by Crippen LogP contribution is -2.15. The van der Waals surface area contributed by atoms with E-state index < -0.39 is 0 Å². The van der Waals surface area contributed by atoms with Crippen LogP contribution >= 0.6 is 0 Å². The molecule has 0 aliphatic heterocycles. The molecule has 0 atom stereocenters. The van der Waals surface area contributed by atoms with Crippen molar-refractivity contribution in [1.82, 2.24) is 4.98 Å². The number of para-hydroxylation sites is 2. The molecule has 3 aromatic rings. The number of pyridine rings is 1. The molecule has 0 aliphatic carbocycles. The minimum atomic E-state index is -0.284. The van der Waals surface area contributed by atoms with Gasteiger partial charge in [0, 0.05) is 18.3 Å². The van der Waals surface area contributed by atoms with Crippen LogP contribution < -0.4 is 15.4 Å². The number of hydrogen-bond donors (Lipinski definition) is 2. The number of halogens is 1. The Morgan fingerprint density at radius 3 is 2.54 bits per heavy atom. The SMILES string of the molecule is CC(C)Oc1ccccc1NC(=O)c1ccc(NCc2ccccc2F)nc1. The molecule has 0 saturated heterocycles. The van der Waals surface area contributed by atoms with Crippen LogP contribution in [0.15, 0.2) is 66.9 Å². The summed E-state index contributed by atoms with van der Waals surface area (Å²) in [5, 5.41) is 5.89. The molecule has 5 nitrogen and oxygen atoms in total. The summed E-state index contributed by atoms with van der Waals surface area (Å²) in [7, 11) is 0. The Morgan fingerprint density at radius 1 is 1.07 bits per heavy atom. The van der Waals surface area contributed by atoms with E-state index in [1.807, 2.05) is 32.0 Å². The molecule has 144 valence electrons. The highest BCUT2D eigenvalue weighted by Crippen LogP contribution is 2.25. The van der Waals surface area contributed by atoms with Gasteiger partial charge in [-0.1, -0.05) is 30.3 Å². The van der Waals surface area contributed by atoms with Gasteiger partial charge in [-0.25, -0.2) is 9.37 Å². The Hall–Kier alpha value is -3.41. The van der Waals surface area contributed by atoms with Crippen LogP contribution in [0.3, 0.4) is 0 Å². The van der Waals surface area contributed by atoms with Crippen molar-refractivity contribution < 1.29 is 13.9 Å². The number of anilines is 2. The first kappa shape index (κ1) is 19.4. The summed E-state index contributed by atoms with van der Waals surface area (Å²) in [4.78, 5) is 16.7. The van der Waals surface area contributed by atoms with Gasteiger partial charge in [0.15, 0.2) is 0 Å². The van der Waals surface area contributed by atoms with E-state index in [1.54, 1.807) is 36.4 Å². The smallest absolute Gasteiger partial charge is 0.257 e. The largest absolute Gasteiger partial charge is 0.489 e. The number of hydrogen-bond acceptors (Lipinski definition) is 4. The van der Waals surface area contributed by atoms with Gasteiger partial charge in [-0.2, -0.15) is 0 Å². The number of carbonyl (C=O) groups is 1. The predicted molar refractivity (Wildman–Crippen MR) is 108 cm³/mol. The van der Waals surface area contributed by atoms with Crippen molar-refractivity contribution in [3.05, 3.63) is 83.8 Å². The molecule has 0 fully saturated rings. The normalized spacial score (nSPS) is 10.6. The summed E-state index contributed by atoms with van der Waals surface area (Å²) >= 11 is 0. The first-order chi connectivity index (χ1) is 13.5. The van der Waals surface area contributed by atoms with Gasteiger partial charge in [0.1, 0.15) is 17.4 Å². The summed E-state index contributed by atoms with van der Waals surface area (Å²) in [6.07, 6.45) is 1.48. The molecule has 0 bridgehead atoms. The summed E-state index contributed by atoms with van der Waals surface area (Å²) in [5.74, 6) is 0.617. The third kappa shape index (κ3) is 5.07. The molecule has 0 aliphatic rings. The molecule has 0 radical (unpaired) electrons. The molecule has 0 unspecified atom stereocenters. The summed E-state index contributed by atoms with van der Waals surface area (Å²) in [6.45, 7) is 4.16. The number of amides is 1. The monoisotopic (exact) mass is 379 g/mol. The minimum absolute atomic E-state index is 0.000437. The van der Waals surface area contributed by atoms with Crippen LogP contribution in [-0.4, -0.2) is 17.0 Å². The van der Waals surface area contributed by atoms with Crippen molar-refractivity contribution >= 4 is 17.4 Å². The van der Waals surface area contributed by atoms with Gasteiger partial charge in [-0.05, 0) is 44.2 Å². The number of aromatic nitrogens is 1. The van der Waals surface area contributed by atoms with Crippen LogP contribution in [-0.2, 0) is 6.54 Å².